The Morgan fingerprint density at radius 3 is 2.75 bits per heavy atom. The molecule has 0 heterocycles. The van der Waals surface area contributed by atoms with Crippen LogP contribution < -0.4 is 0 Å². The minimum absolute atomic E-state index is 0.630. The predicted molar refractivity (Wildman–Crippen MR) is 33.9 cm³/mol. The minimum Gasteiger partial charge on any atom is -0.0836 e. The van der Waals surface area contributed by atoms with E-state index >= 15 is 0 Å². The van der Waals surface area contributed by atoms with Crippen molar-refractivity contribution < 1.29 is 0 Å². The highest BCUT2D eigenvalue weighted by Gasteiger charge is 1.84. The van der Waals surface area contributed by atoms with Crippen molar-refractivity contribution in [1.82, 2.24) is 0 Å². The second kappa shape index (κ2) is 2.19. The molecule has 1 aromatic rings. The lowest BCUT2D eigenvalue weighted by Crippen LogP contribution is -1.68. The number of hydrogen-bond donors (Lipinski definition) is 0. The first-order chi connectivity index (χ1) is 3.79. The highest BCUT2D eigenvalue weighted by Crippen LogP contribution is 2.07. The smallest absolute Gasteiger partial charge is 0.0494 e. The molecule has 0 aliphatic carbocycles. The van der Waals surface area contributed by atoms with Crippen molar-refractivity contribution in [3.8, 4) is 0 Å². The summed E-state index contributed by atoms with van der Waals surface area (Å²) in [7, 11) is 0. The van der Waals surface area contributed by atoms with Crippen LogP contribution in [-0.4, -0.2) is 0 Å². The molecular weight excluding hydrogens is 120 g/mol. The average molecular weight is 125 g/mol. The van der Waals surface area contributed by atoms with Gasteiger partial charge in [-0.1, -0.05) is 17.7 Å². The van der Waals surface area contributed by atoms with Crippen molar-refractivity contribution in [3.63, 3.8) is 0 Å². The van der Waals surface area contributed by atoms with Gasteiger partial charge in [-0.05, 0) is 24.6 Å². The number of hydrogen-bond acceptors (Lipinski definition) is 0. The van der Waals surface area contributed by atoms with Crippen molar-refractivity contribution >= 4 is 11.6 Å². The molecule has 0 amide bonds. The lowest BCUT2D eigenvalue weighted by atomic mass is 10.2. The molecular formula is C7H5Cl. The van der Waals surface area contributed by atoms with Crippen LogP contribution in [0.4, 0.5) is 0 Å². The molecule has 0 nitrogen and oxygen atoms in total. The summed E-state index contributed by atoms with van der Waals surface area (Å²) in [5.41, 5.74) is 1.12. The van der Waals surface area contributed by atoms with Crippen LogP contribution in [0.2, 0.25) is 5.02 Å². The van der Waals surface area contributed by atoms with E-state index in [0.29, 0.717) is 5.02 Å². The summed E-state index contributed by atoms with van der Waals surface area (Å²) in [6, 6.07) is 9.17. The monoisotopic (exact) mass is 124 g/mol. The topological polar surface area (TPSA) is 0 Å². The van der Waals surface area contributed by atoms with Gasteiger partial charge in [0.1, 0.15) is 0 Å². The van der Waals surface area contributed by atoms with Crippen LogP contribution in [0.25, 0.3) is 0 Å². The highest BCUT2D eigenvalue weighted by molar-refractivity contribution is 6.30. The number of rotatable bonds is 0. The molecule has 0 N–H and O–H groups in total. The lowest BCUT2D eigenvalue weighted by molar-refractivity contribution is 1.46. The van der Waals surface area contributed by atoms with Gasteiger partial charge in [-0.2, -0.15) is 0 Å². The van der Waals surface area contributed by atoms with Crippen LogP contribution in [0.3, 0.4) is 0 Å². The van der Waals surface area contributed by atoms with Crippen LogP contribution in [0.15, 0.2) is 12.1 Å². The molecule has 0 spiro atoms. The molecule has 0 aliphatic rings. The molecule has 1 aromatic carbocycles. The molecule has 0 bridgehead atoms. The summed E-state index contributed by atoms with van der Waals surface area (Å²) in [5.74, 6) is 0. The molecule has 2 radical (unpaired) electrons. The second-order valence-corrected chi connectivity index (χ2v) is 2.06. The quantitative estimate of drug-likeness (QED) is 0.498. The van der Waals surface area contributed by atoms with Gasteiger partial charge in [0.15, 0.2) is 0 Å². The molecule has 40 valence electrons. The third-order valence-electron chi connectivity index (χ3n) is 0.846. The molecule has 8 heavy (non-hydrogen) atoms. The molecule has 1 rings (SSSR count). The molecule has 0 aliphatic heterocycles. The molecule has 0 unspecified atom stereocenters. The lowest BCUT2D eigenvalue weighted by Gasteiger charge is -1.87. The van der Waals surface area contributed by atoms with E-state index < -0.39 is 0 Å². The molecule has 0 saturated carbocycles. The van der Waals surface area contributed by atoms with Crippen molar-refractivity contribution in [2.24, 2.45) is 0 Å². The standard InChI is InChI=1S/C7H5Cl/c1-6-3-2-4-7(8)5-6/h3,5H,1H3. The number of halogens is 1. The first-order valence-electron chi connectivity index (χ1n) is 2.34. The van der Waals surface area contributed by atoms with Gasteiger partial charge in [0.05, 0.1) is 0 Å². The van der Waals surface area contributed by atoms with E-state index in [1.807, 2.05) is 19.1 Å². The van der Waals surface area contributed by atoms with Crippen molar-refractivity contribution in [2.45, 2.75) is 6.92 Å². The Morgan fingerprint density at radius 2 is 2.38 bits per heavy atom. The second-order valence-electron chi connectivity index (χ2n) is 1.65. The predicted octanol–water partition coefficient (Wildman–Crippen LogP) is 2.25. The summed E-state index contributed by atoms with van der Waals surface area (Å²) in [6.45, 7) is 1.97. The van der Waals surface area contributed by atoms with Crippen molar-refractivity contribution in [2.75, 3.05) is 0 Å². The largest absolute Gasteiger partial charge is 0.0836 e. The van der Waals surface area contributed by atoms with Crippen LogP contribution in [-0.2, 0) is 0 Å². The summed E-state index contributed by atoms with van der Waals surface area (Å²) < 4.78 is 0. The van der Waals surface area contributed by atoms with Gasteiger partial charge in [0.2, 0.25) is 0 Å². The van der Waals surface area contributed by atoms with Gasteiger partial charge < -0.3 is 0 Å². The van der Waals surface area contributed by atoms with E-state index in [4.69, 9.17) is 11.6 Å². The van der Waals surface area contributed by atoms with Crippen LogP contribution in [0, 0.1) is 19.1 Å². The van der Waals surface area contributed by atoms with E-state index in [1.54, 1.807) is 0 Å². The summed E-state index contributed by atoms with van der Waals surface area (Å²) in [6.07, 6.45) is 0. The summed E-state index contributed by atoms with van der Waals surface area (Å²) >= 11 is 5.56. The maximum absolute atomic E-state index is 5.56. The molecule has 0 atom stereocenters. The average Bonchev–Trinajstić information content (AvgIpc) is 1.64. The molecule has 0 aromatic heterocycles. The van der Waals surface area contributed by atoms with Gasteiger partial charge in [0, 0.05) is 11.1 Å². The fraction of sp³-hybridized carbons (Fsp3) is 0.143. The van der Waals surface area contributed by atoms with Gasteiger partial charge in [-0.15, -0.1) is 0 Å². The number of aryl methyl sites for hydroxylation is 1. The van der Waals surface area contributed by atoms with E-state index in [-0.39, 0.29) is 0 Å². The van der Waals surface area contributed by atoms with Crippen LogP contribution in [0.5, 0.6) is 0 Å². The fourth-order valence-electron chi connectivity index (χ4n) is 0.497. The maximum Gasteiger partial charge on any atom is 0.0494 e. The van der Waals surface area contributed by atoms with E-state index in [0.717, 1.165) is 5.56 Å². The zero-order valence-corrected chi connectivity index (χ0v) is 5.29. The Labute approximate surface area is 54.1 Å². The first kappa shape index (κ1) is 5.64. The van der Waals surface area contributed by atoms with Gasteiger partial charge in [0.25, 0.3) is 0 Å². The zero-order valence-electron chi connectivity index (χ0n) is 4.53. The first-order valence-corrected chi connectivity index (χ1v) is 2.72. The van der Waals surface area contributed by atoms with Gasteiger partial charge in [-0.3, -0.25) is 0 Å². The van der Waals surface area contributed by atoms with Crippen molar-refractivity contribution in [1.29, 1.82) is 0 Å². The summed E-state index contributed by atoms with van der Waals surface area (Å²) in [4.78, 5) is 0. The Balaban J connectivity index is 3.08. The number of benzene rings is 1. The Morgan fingerprint density at radius 1 is 1.62 bits per heavy atom. The van der Waals surface area contributed by atoms with E-state index in [9.17, 15) is 0 Å². The Kier molecular flexibility index (Phi) is 1.54. The van der Waals surface area contributed by atoms with Crippen LogP contribution >= 0.6 is 11.6 Å². The van der Waals surface area contributed by atoms with E-state index in [2.05, 4.69) is 12.1 Å². The summed E-state index contributed by atoms with van der Waals surface area (Å²) in [5, 5.41) is 0.630. The van der Waals surface area contributed by atoms with Crippen molar-refractivity contribution in [3.05, 3.63) is 34.9 Å². The highest BCUT2D eigenvalue weighted by atomic mass is 35.5. The van der Waals surface area contributed by atoms with Gasteiger partial charge >= 0.3 is 0 Å². The minimum atomic E-state index is 0.630. The SMILES string of the molecule is Cc1c[c][c]c(Cl)c1. The molecule has 1 heteroatoms. The van der Waals surface area contributed by atoms with Gasteiger partial charge in [-0.25, -0.2) is 0 Å². The Bertz CT molecular complexity index is 164. The Hall–Kier alpha value is -0.490. The zero-order chi connectivity index (χ0) is 5.98. The van der Waals surface area contributed by atoms with Crippen LogP contribution in [0.1, 0.15) is 5.56 Å². The normalized spacial score (nSPS) is 9.25. The fourth-order valence-corrected chi connectivity index (χ4v) is 0.723. The van der Waals surface area contributed by atoms with E-state index in [1.165, 1.54) is 0 Å². The third kappa shape index (κ3) is 1.24. The third-order valence-corrected chi connectivity index (χ3v) is 1.05. The molecule has 0 fully saturated rings. The maximum atomic E-state index is 5.56. The molecule has 0 saturated heterocycles.